The Hall–Kier alpha value is -3.22. The van der Waals surface area contributed by atoms with Crippen molar-refractivity contribution in [2.45, 2.75) is 25.8 Å². The number of hydrogen-bond donors (Lipinski definition) is 2. The molecule has 7 nitrogen and oxygen atoms in total. The van der Waals surface area contributed by atoms with Gasteiger partial charge in [0.25, 0.3) is 5.91 Å². The number of rotatable bonds is 8. The van der Waals surface area contributed by atoms with Gasteiger partial charge < -0.3 is 24.6 Å². The van der Waals surface area contributed by atoms with Gasteiger partial charge in [0.05, 0.1) is 33.3 Å². The first-order chi connectivity index (χ1) is 13.2. The average Bonchev–Trinajstić information content (AvgIpc) is 2.67. The Morgan fingerprint density at radius 3 is 2.14 bits per heavy atom. The van der Waals surface area contributed by atoms with E-state index in [-0.39, 0.29) is 6.42 Å². The summed E-state index contributed by atoms with van der Waals surface area (Å²) in [6, 6.07) is 10.2. The van der Waals surface area contributed by atoms with Gasteiger partial charge in [-0.25, -0.2) is 0 Å². The van der Waals surface area contributed by atoms with Crippen molar-refractivity contribution in [2.24, 2.45) is 0 Å². The van der Waals surface area contributed by atoms with Crippen LogP contribution < -0.4 is 19.5 Å². The van der Waals surface area contributed by atoms with Crippen LogP contribution in [0.4, 0.5) is 0 Å². The highest BCUT2D eigenvalue weighted by Crippen LogP contribution is 2.31. The van der Waals surface area contributed by atoms with Crippen LogP contribution in [0.15, 0.2) is 36.4 Å². The molecule has 0 spiro atoms. The van der Waals surface area contributed by atoms with E-state index in [0.717, 1.165) is 5.56 Å². The van der Waals surface area contributed by atoms with Crippen LogP contribution in [0, 0.1) is 6.92 Å². The minimum absolute atomic E-state index is 0.300. The van der Waals surface area contributed by atoms with E-state index in [9.17, 15) is 14.7 Å². The molecule has 7 heteroatoms. The number of carboxylic acid groups (broad SMARTS) is 1. The summed E-state index contributed by atoms with van der Waals surface area (Å²) in [6.45, 7) is 3.49. The van der Waals surface area contributed by atoms with Crippen molar-refractivity contribution >= 4 is 11.9 Å². The maximum absolute atomic E-state index is 13.0. The van der Waals surface area contributed by atoms with E-state index in [1.807, 2.05) is 6.92 Å². The Morgan fingerprint density at radius 1 is 1.04 bits per heavy atom. The van der Waals surface area contributed by atoms with E-state index >= 15 is 0 Å². The molecule has 0 heterocycles. The first-order valence-electron chi connectivity index (χ1n) is 8.65. The molecular formula is C21H25NO6. The predicted molar refractivity (Wildman–Crippen MR) is 104 cm³/mol. The Kier molecular flexibility index (Phi) is 6.51. The quantitative estimate of drug-likeness (QED) is 0.723. The lowest BCUT2D eigenvalue weighted by Crippen LogP contribution is -2.45. The second kappa shape index (κ2) is 8.65. The lowest BCUT2D eigenvalue weighted by molar-refractivity contribution is -0.138. The summed E-state index contributed by atoms with van der Waals surface area (Å²) in [6.07, 6.45) is -0.300. The second-order valence-corrected chi connectivity index (χ2v) is 6.59. The minimum atomic E-state index is -1.15. The Bertz CT molecular complexity index is 854. The zero-order valence-corrected chi connectivity index (χ0v) is 16.7. The molecule has 0 aliphatic rings. The van der Waals surface area contributed by atoms with Crippen LogP contribution in [0.3, 0.4) is 0 Å². The number of methoxy groups -OCH3 is 3. The fourth-order valence-electron chi connectivity index (χ4n) is 3.03. The van der Waals surface area contributed by atoms with E-state index in [4.69, 9.17) is 14.2 Å². The number of ether oxygens (including phenoxy) is 3. The maximum atomic E-state index is 13.0. The third kappa shape index (κ3) is 4.54. The number of carbonyl (C=O) groups excluding carboxylic acids is 1. The molecule has 0 bridgehead atoms. The number of nitrogens with one attached hydrogen (secondary N) is 1. The molecule has 2 aromatic carbocycles. The summed E-state index contributed by atoms with van der Waals surface area (Å²) in [4.78, 5) is 24.5. The third-order valence-electron chi connectivity index (χ3n) is 4.62. The minimum Gasteiger partial charge on any atom is -0.497 e. The van der Waals surface area contributed by atoms with Crippen molar-refractivity contribution in [1.82, 2.24) is 5.32 Å². The van der Waals surface area contributed by atoms with Gasteiger partial charge >= 0.3 is 5.97 Å². The van der Waals surface area contributed by atoms with Gasteiger partial charge in [0.1, 0.15) is 17.2 Å². The number of benzene rings is 2. The van der Waals surface area contributed by atoms with E-state index in [0.29, 0.717) is 28.4 Å². The lowest BCUT2D eigenvalue weighted by Gasteiger charge is -2.30. The molecule has 150 valence electrons. The molecule has 0 aliphatic carbocycles. The standard InChI is InChI=1S/C21H25NO6/c1-13-17(27-4)9-14(10-18(13)28-5)20(25)22-21(2,12-19(23)24)15-7-6-8-16(11-15)26-3/h6-11H,12H2,1-5H3,(H,22,25)(H,23,24). The number of amides is 1. The Morgan fingerprint density at radius 2 is 1.64 bits per heavy atom. The molecule has 28 heavy (non-hydrogen) atoms. The van der Waals surface area contributed by atoms with Crippen LogP contribution in [0.25, 0.3) is 0 Å². The van der Waals surface area contributed by atoms with Crippen molar-refractivity contribution in [2.75, 3.05) is 21.3 Å². The van der Waals surface area contributed by atoms with Gasteiger partial charge in [0.2, 0.25) is 0 Å². The van der Waals surface area contributed by atoms with Crippen molar-refractivity contribution in [3.8, 4) is 17.2 Å². The van der Waals surface area contributed by atoms with Crippen LogP contribution in [0.2, 0.25) is 0 Å². The maximum Gasteiger partial charge on any atom is 0.306 e. The first-order valence-corrected chi connectivity index (χ1v) is 8.65. The van der Waals surface area contributed by atoms with E-state index in [2.05, 4.69) is 5.32 Å². The normalized spacial score (nSPS) is 12.6. The fraction of sp³-hybridized carbons (Fsp3) is 0.333. The molecule has 2 N–H and O–H groups in total. The van der Waals surface area contributed by atoms with E-state index < -0.39 is 17.4 Å². The highest BCUT2D eigenvalue weighted by molar-refractivity contribution is 5.96. The van der Waals surface area contributed by atoms with Crippen LogP contribution in [0.5, 0.6) is 17.2 Å². The summed E-state index contributed by atoms with van der Waals surface area (Å²) in [5.74, 6) is 0.103. The molecule has 0 fully saturated rings. The second-order valence-electron chi connectivity index (χ2n) is 6.59. The predicted octanol–water partition coefficient (Wildman–Crippen LogP) is 3.14. The van der Waals surface area contributed by atoms with Crippen molar-refractivity contribution in [3.05, 3.63) is 53.1 Å². The van der Waals surface area contributed by atoms with Crippen molar-refractivity contribution < 1.29 is 28.9 Å². The van der Waals surface area contributed by atoms with Crippen LogP contribution in [-0.2, 0) is 10.3 Å². The van der Waals surface area contributed by atoms with Gasteiger partial charge in [-0.2, -0.15) is 0 Å². The first kappa shape index (κ1) is 21.1. The number of carboxylic acids is 1. The molecule has 2 aromatic rings. The highest BCUT2D eigenvalue weighted by atomic mass is 16.5. The Labute approximate surface area is 164 Å². The zero-order valence-electron chi connectivity index (χ0n) is 16.7. The number of aliphatic carboxylic acids is 1. The van der Waals surface area contributed by atoms with Crippen molar-refractivity contribution in [3.63, 3.8) is 0 Å². The van der Waals surface area contributed by atoms with E-state index in [1.54, 1.807) is 43.3 Å². The van der Waals surface area contributed by atoms with Gasteiger partial charge in [-0.1, -0.05) is 12.1 Å². The third-order valence-corrected chi connectivity index (χ3v) is 4.62. The van der Waals surface area contributed by atoms with Gasteiger partial charge in [0, 0.05) is 11.1 Å². The number of carbonyl (C=O) groups is 2. The molecule has 2 rings (SSSR count). The lowest BCUT2D eigenvalue weighted by atomic mass is 9.88. The summed E-state index contributed by atoms with van der Waals surface area (Å²) in [5.41, 5.74) is 0.540. The van der Waals surface area contributed by atoms with Crippen molar-refractivity contribution in [1.29, 1.82) is 0 Å². The SMILES string of the molecule is COc1cccc(C(C)(CC(=O)O)NC(=O)c2cc(OC)c(C)c(OC)c2)c1. The molecular weight excluding hydrogens is 362 g/mol. The molecule has 1 atom stereocenters. The topological polar surface area (TPSA) is 94.1 Å². The van der Waals surface area contributed by atoms with Crippen LogP contribution in [0.1, 0.15) is 34.8 Å². The Balaban J connectivity index is 2.44. The summed E-state index contributed by atoms with van der Waals surface area (Å²) in [5, 5.41) is 12.2. The van der Waals surface area contributed by atoms with E-state index in [1.165, 1.54) is 21.3 Å². The average molecular weight is 387 g/mol. The molecule has 0 saturated heterocycles. The highest BCUT2D eigenvalue weighted by Gasteiger charge is 2.32. The monoisotopic (exact) mass is 387 g/mol. The molecule has 1 unspecified atom stereocenters. The van der Waals surface area contributed by atoms with Crippen LogP contribution >= 0.6 is 0 Å². The summed E-state index contributed by atoms with van der Waals surface area (Å²) >= 11 is 0. The molecule has 0 aromatic heterocycles. The molecule has 1 amide bonds. The van der Waals surface area contributed by atoms with Gasteiger partial charge in [0.15, 0.2) is 0 Å². The number of hydrogen-bond acceptors (Lipinski definition) is 5. The fourth-order valence-corrected chi connectivity index (χ4v) is 3.03. The molecule has 0 saturated carbocycles. The summed E-state index contributed by atoms with van der Waals surface area (Å²) in [7, 11) is 4.54. The zero-order chi connectivity index (χ0) is 20.9. The largest absolute Gasteiger partial charge is 0.497 e. The summed E-state index contributed by atoms with van der Waals surface area (Å²) < 4.78 is 15.9. The van der Waals surface area contributed by atoms with Gasteiger partial charge in [-0.3, -0.25) is 9.59 Å². The smallest absolute Gasteiger partial charge is 0.306 e. The van der Waals surface area contributed by atoms with Gasteiger partial charge in [-0.15, -0.1) is 0 Å². The molecule has 0 aliphatic heterocycles. The van der Waals surface area contributed by atoms with Gasteiger partial charge in [-0.05, 0) is 43.7 Å². The molecule has 0 radical (unpaired) electrons. The van der Waals surface area contributed by atoms with Crippen LogP contribution in [-0.4, -0.2) is 38.3 Å².